The van der Waals surface area contributed by atoms with Crippen molar-refractivity contribution in [3.63, 3.8) is 0 Å². The van der Waals surface area contributed by atoms with E-state index in [0.29, 0.717) is 12.2 Å². The molecule has 0 aromatic heterocycles. The normalized spacial score (nSPS) is 20.4. The van der Waals surface area contributed by atoms with Crippen molar-refractivity contribution in [2.75, 3.05) is 25.5 Å². The number of amides is 1. The second kappa shape index (κ2) is 5.61. The molecule has 1 aliphatic heterocycles. The van der Waals surface area contributed by atoms with Crippen LogP contribution in [0.4, 0.5) is 0 Å². The third kappa shape index (κ3) is 3.88. The summed E-state index contributed by atoms with van der Waals surface area (Å²) in [4.78, 5) is 11.2. The molecular weight excluding hydrogens is 198 g/mol. The van der Waals surface area contributed by atoms with Crippen LogP contribution in [-0.2, 0) is 9.53 Å². The lowest BCUT2D eigenvalue weighted by Gasteiger charge is -2.33. The van der Waals surface area contributed by atoms with Crippen molar-refractivity contribution in [2.24, 2.45) is 5.41 Å². The molecule has 0 aliphatic carbocycles. The fourth-order valence-electron chi connectivity index (χ4n) is 1.54. The zero-order valence-corrected chi connectivity index (χ0v) is 9.61. The van der Waals surface area contributed by atoms with E-state index in [1.807, 2.05) is 0 Å². The van der Waals surface area contributed by atoms with Crippen LogP contribution in [0.1, 0.15) is 26.2 Å². The summed E-state index contributed by atoms with van der Waals surface area (Å²) < 4.78 is 5.29. The van der Waals surface area contributed by atoms with E-state index in [1.54, 1.807) is 0 Å². The Morgan fingerprint density at radius 3 is 2.71 bits per heavy atom. The first-order valence-corrected chi connectivity index (χ1v) is 5.75. The van der Waals surface area contributed by atoms with Gasteiger partial charge in [-0.3, -0.25) is 4.79 Å². The Hall–Kier alpha value is -0.220. The van der Waals surface area contributed by atoms with Crippen molar-refractivity contribution in [3.05, 3.63) is 0 Å². The Morgan fingerprint density at radius 1 is 1.50 bits per heavy atom. The summed E-state index contributed by atoms with van der Waals surface area (Å²) in [5.74, 6) is 0.721. The molecule has 1 fully saturated rings. The van der Waals surface area contributed by atoms with Gasteiger partial charge in [0.05, 0.1) is 0 Å². The number of rotatable bonds is 4. The average molecular weight is 217 g/mol. The Labute approximate surface area is 91.0 Å². The largest absolute Gasteiger partial charge is 0.381 e. The molecule has 1 amide bonds. The fourth-order valence-corrected chi connectivity index (χ4v) is 1.75. The minimum atomic E-state index is 0.104. The SMILES string of the molecule is CC1(CNC(=O)CCS)CCOCC1. The number of ether oxygens (including phenoxy) is 1. The van der Waals surface area contributed by atoms with Crippen molar-refractivity contribution in [1.29, 1.82) is 0 Å². The third-order valence-electron chi connectivity index (χ3n) is 2.75. The van der Waals surface area contributed by atoms with E-state index in [2.05, 4.69) is 24.9 Å². The van der Waals surface area contributed by atoms with Gasteiger partial charge in [-0.25, -0.2) is 0 Å². The molecule has 1 heterocycles. The molecule has 4 heteroatoms. The number of thiol groups is 1. The molecule has 0 spiro atoms. The van der Waals surface area contributed by atoms with E-state index in [1.165, 1.54) is 0 Å². The number of carbonyl (C=O) groups is 1. The van der Waals surface area contributed by atoms with Gasteiger partial charge in [0.2, 0.25) is 5.91 Å². The number of hydrogen-bond donors (Lipinski definition) is 2. The summed E-state index contributed by atoms with van der Waals surface area (Å²) in [5, 5.41) is 2.95. The molecule has 0 saturated carbocycles. The molecule has 14 heavy (non-hydrogen) atoms. The minimum Gasteiger partial charge on any atom is -0.381 e. The molecule has 1 rings (SSSR count). The third-order valence-corrected chi connectivity index (χ3v) is 2.97. The quantitative estimate of drug-likeness (QED) is 0.695. The van der Waals surface area contributed by atoms with Crippen LogP contribution in [0.3, 0.4) is 0 Å². The number of nitrogens with one attached hydrogen (secondary N) is 1. The van der Waals surface area contributed by atoms with Gasteiger partial charge in [0.15, 0.2) is 0 Å². The maximum absolute atomic E-state index is 11.2. The van der Waals surface area contributed by atoms with Gasteiger partial charge < -0.3 is 10.1 Å². The van der Waals surface area contributed by atoms with Crippen LogP contribution in [0, 0.1) is 5.41 Å². The smallest absolute Gasteiger partial charge is 0.220 e. The van der Waals surface area contributed by atoms with Crippen molar-refractivity contribution in [2.45, 2.75) is 26.2 Å². The lowest BCUT2D eigenvalue weighted by Crippen LogP contribution is -2.39. The molecule has 82 valence electrons. The molecule has 1 aliphatic rings. The second-order valence-electron chi connectivity index (χ2n) is 4.17. The number of carbonyl (C=O) groups excluding carboxylic acids is 1. The molecule has 1 saturated heterocycles. The molecule has 0 aromatic rings. The maximum atomic E-state index is 11.2. The van der Waals surface area contributed by atoms with E-state index in [-0.39, 0.29) is 11.3 Å². The Morgan fingerprint density at radius 2 is 2.14 bits per heavy atom. The summed E-state index contributed by atoms with van der Waals surface area (Å²) >= 11 is 4.02. The summed E-state index contributed by atoms with van der Waals surface area (Å²) in [7, 11) is 0. The molecular formula is C10H19NO2S. The zero-order valence-electron chi connectivity index (χ0n) is 8.71. The van der Waals surface area contributed by atoms with Crippen LogP contribution in [-0.4, -0.2) is 31.4 Å². The highest BCUT2D eigenvalue weighted by Crippen LogP contribution is 2.28. The van der Waals surface area contributed by atoms with Gasteiger partial charge in [0.1, 0.15) is 0 Å². The van der Waals surface area contributed by atoms with E-state index in [0.717, 1.165) is 32.6 Å². The molecule has 0 radical (unpaired) electrons. The Kier molecular flexibility index (Phi) is 4.75. The minimum absolute atomic E-state index is 0.104. The topological polar surface area (TPSA) is 38.3 Å². The van der Waals surface area contributed by atoms with Crippen LogP contribution in [0.15, 0.2) is 0 Å². The van der Waals surface area contributed by atoms with E-state index >= 15 is 0 Å². The van der Waals surface area contributed by atoms with Gasteiger partial charge >= 0.3 is 0 Å². The van der Waals surface area contributed by atoms with Gasteiger partial charge in [-0.2, -0.15) is 12.6 Å². The lowest BCUT2D eigenvalue weighted by molar-refractivity contribution is -0.121. The predicted octanol–water partition coefficient (Wildman–Crippen LogP) is 1.24. The highest BCUT2D eigenvalue weighted by Gasteiger charge is 2.27. The van der Waals surface area contributed by atoms with E-state index < -0.39 is 0 Å². The first-order chi connectivity index (χ1) is 6.66. The van der Waals surface area contributed by atoms with Crippen LogP contribution >= 0.6 is 12.6 Å². The van der Waals surface area contributed by atoms with Crippen molar-refractivity contribution < 1.29 is 9.53 Å². The summed E-state index contributed by atoms with van der Waals surface area (Å²) in [6.07, 6.45) is 2.58. The van der Waals surface area contributed by atoms with E-state index in [4.69, 9.17) is 4.74 Å². The zero-order chi connectivity index (χ0) is 10.4. The fraction of sp³-hybridized carbons (Fsp3) is 0.900. The highest BCUT2D eigenvalue weighted by atomic mass is 32.1. The van der Waals surface area contributed by atoms with Crippen LogP contribution in [0.2, 0.25) is 0 Å². The average Bonchev–Trinajstić information content (AvgIpc) is 2.17. The first-order valence-electron chi connectivity index (χ1n) is 5.12. The molecule has 0 bridgehead atoms. The summed E-state index contributed by atoms with van der Waals surface area (Å²) in [6, 6.07) is 0. The Balaban J connectivity index is 2.24. The molecule has 0 aromatic carbocycles. The van der Waals surface area contributed by atoms with Gasteiger partial charge in [-0.05, 0) is 24.0 Å². The van der Waals surface area contributed by atoms with E-state index in [9.17, 15) is 4.79 Å². The monoisotopic (exact) mass is 217 g/mol. The maximum Gasteiger partial charge on any atom is 0.220 e. The molecule has 0 atom stereocenters. The summed E-state index contributed by atoms with van der Waals surface area (Å²) in [6.45, 7) is 4.61. The Bertz CT molecular complexity index is 191. The van der Waals surface area contributed by atoms with Crippen LogP contribution in [0.5, 0.6) is 0 Å². The molecule has 3 nitrogen and oxygen atoms in total. The van der Waals surface area contributed by atoms with Gasteiger partial charge in [0.25, 0.3) is 0 Å². The lowest BCUT2D eigenvalue weighted by atomic mass is 9.82. The number of hydrogen-bond acceptors (Lipinski definition) is 3. The summed E-state index contributed by atoms with van der Waals surface area (Å²) in [5.41, 5.74) is 0.227. The van der Waals surface area contributed by atoms with Gasteiger partial charge in [0, 0.05) is 26.2 Å². The predicted molar refractivity (Wildman–Crippen MR) is 59.6 cm³/mol. The molecule has 1 N–H and O–H groups in total. The van der Waals surface area contributed by atoms with Crippen molar-refractivity contribution in [1.82, 2.24) is 5.32 Å². The van der Waals surface area contributed by atoms with Crippen molar-refractivity contribution >= 4 is 18.5 Å². The van der Waals surface area contributed by atoms with Crippen LogP contribution in [0.25, 0.3) is 0 Å². The second-order valence-corrected chi connectivity index (χ2v) is 4.62. The van der Waals surface area contributed by atoms with Gasteiger partial charge in [-0.1, -0.05) is 6.92 Å². The molecule has 0 unspecified atom stereocenters. The highest BCUT2D eigenvalue weighted by molar-refractivity contribution is 7.80. The standard InChI is InChI=1S/C10H19NO2S/c1-10(3-5-13-6-4-10)8-11-9(12)2-7-14/h14H,2-8H2,1H3,(H,11,12). The van der Waals surface area contributed by atoms with Crippen LogP contribution < -0.4 is 5.32 Å². The first kappa shape index (κ1) is 11.9. The van der Waals surface area contributed by atoms with Crippen molar-refractivity contribution in [3.8, 4) is 0 Å². The van der Waals surface area contributed by atoms with Gasteiger partial charge in [-0.15, -0.1) is 0 Å².